The molecule has 1 heterocycles. The van der Waals surface area contributed by atoms with Gasteiger partial charge in [0.15, 0.2) is 0 Å². The molecule has 0 spiro atoms. The van der Waals surface area contributed by atoms with Crippen molar-refractivity contribution in [3.05, 3.63) is 23.5 Å². The van der Waals surface area contributed by atoms with E-state index >= 15 is 0 Å². The molecule has 0 atom stereocenters. The number of hydrogen-bond acceptors (Lipinski definition) is 3. The van der Waals surface area contributed by atoms with Crippen molar-refractivity contribution in [1.82, 2.24) is 0 Å². The normalized spacial score (nSPS) is 22.8. The van der Waals surface area contributed by atoms with Gasteiger partial charge in [0, 0.05) is 6.08 Å². The van der Waals surface area contributed by atoms with Crippen LogP contribution in [0.2, 0.25) is 0 Å². The van der Waals surface area contributed by atoms with Gasteiger partial charge in [-0.2, -0.15) is 0 Å². The zero-order valence-electron chi connectivity index (χ0n) is 9.41. The molecule has 0 saturated heterocycles. The average molecular weight is 210 g/mol. The maximum atomic E-state index is 5.76. The highest BCUT2D eigenvalue weighted by Gasteiger charge is 2.40. The van der Waals surface area contributed by atoms with Crippen LogP contribution in [0, 0.1) is 0 Å². The fourth-order valence-corrected chi connectivity index (χ4v) is 2.01. The molecule has 0 amide bonds. The van der Waals surface area contributed by atoms with Crippen LogP contribution in [0.15, 0.2) is 23.5 Å². The Hall–Kier alpha value is -0.800. The van der Waals surface area contributed by atoms with E-state index in [-0.39, 0.29) is 0 Å². The minimum absolute atomic E-state index is 0.580. The van der Waals surface area contributed by atoms with Crippen LogP contribution in [0.5, 0.6) is 0 Å². The maximum absolute atomic E-state index is 5.76. The maximum Gasteiger partial charge on any atom is 0.349 e. The second-order valence-corrected chi connectivity index (χ2v) is 3.70. The van der Waals surface area contributed by atoms with Gasteiger partial charge in [-0.05, 0) is 44.8 Å². The third-order valence-corrected chi connectivity index (χ3v) is 2.59. The quantitative estimate of drug-likeness (QED) is 0.668. The van der Waals surface area contributed by atoms with Gasteiger partial charge < -0.3 is 14.2 Å². The molecule has 2 aliphatic rings. The van der Waals surface area contributed by atoms with Crippen LogP contribution in [0.1, 0.15) is 33.1 Å². The van der Waals surface area contributed by atoms with E-state index < -0.39 is 5.97 Å². The summed E-state index contributed by atoms with van der Waals surface area (Å²) in [6.45, 7) is 5.05. The molecule has 0 bridgehead atoms. The van der Waals surface area contributed by atoms with Crippen molar-refractivity contribution in [2.75, 3.05) is 13.2 Å². The number of ether oxygens (including phenoxy) is 3. The third-order valence-electron chi connectivity index (χ3n) is 2.59. The van der Waals surface area contributed by atoms with Crippen molar-refractivity contribution in [2.24, 2.45) is 0 Å². The SMILES string of the molecule is CCOC1(OCC)C=C2CCCC=C2O1. The Morgan fingerprint density at radius 2 is 2.07 bits per heavy atom. The molecule has 84 valence electrons. The first-order valence-electron chi connectivity index (χ1n) is 5.69. The van der Waals surface area contributed by atoms with E-state index in [0.29, 0.717) is 13.2 Å². The van der Waals surface area contributed by atoms with E-state index in [1.54, 1.807) is 0 Å². The van der Waals surface area contributed by atoms with E-state index in [4.69, 9.17) is 14.2 Å². The van der Waals surface area contributed by atoms with Gasteiger partial charge >= 0.3 is 5.97 Å². The summed E-state index contributed by atoms with van der Waals surface area (Å²) in [5.41, 5.74) is 1.23. The van der Waals surface area contributed by atoms with Crippen LogP contribution in [-0.2, 0) is 14.2 Å². The zero-order valence-corrected chi connectivity index (χ0v) is 9.41. The summed E-state index contributed by atoms with van der Waals surface area (Å²) in [6.07, 6.45) is 7.43. The summed E-state index contributed by atoms with van der Waals surface area (Å²) in [4.78, 5) is 0. The fourth-order valence-electron chi connectivity index (χ4n) is 2.01. The molecule has 3 heteroatoms. The number of hydrogen-bond donors (Lipinski definition) is 0. The van der Waals surface area contributed by atoms with Crippen LogP contribution < -0.4 is 0 Å². The lowest BCUT2D eigenvalue weighted by Crippen LogP contribution is -2.34. The fraction of sp³-hybridized carbons (Fsp3) is 0.667. The van der Waals surface area contributed by atoms with Crippen LogP contribution >= 0.6 is 0 Å². The van der Waals surface area contributed by atoms with Crippen molar-refractivity contribution in [2.45, 2.75) is 39.1 Å². The summed E-state index contributed by atoms with van der Waals surface area (Å²) in [7, 11) is 0. The average Bonchev–Trinajstić information content (AvgIpc) is 2.56. The number of rotatable bonds is 4. The van der Waals surface area contributed by atoms with E-state index in [1.807, 2.05) is 19.9 Å². The summed E-state index contributed by atoms with van der Waals surface area (Å²) in [5, 5.41) is 0. The zero-order chi connectivity index (χ0) is 10.7. The standard InChI is InChI=1S/C12H18O3/c1-3-13-12(14-4-2)9-10-7-5-6-8-11(10)15-12/h8-9H,3-7H2,1-2H3. The molecular formula is C12H18O3. The second-order valence-electron chi connectivity index (χ2n) is 3.70. The van der Waals surface area contributed by atoms with Crippen LogP contribution in [0.25, 0.3) is 0 Å². The monoisotopic (exact) mass is 210 g/mol. The van der Waals surface area contributed by atoms with Crippen molar-refractivity contribution < 1.29 is 14.2 Å². The van der Waals surface area contributed by atoms with Gasteiger partial charge in [0.05, 0.1) is 13.2 Å². The van der Waals surface area contributed by atoms with Crippen molar-refractivity contribution in [3.63, 3.8) is 0 Å². The van der Waals surface area contributed by atoms with E-state index in [2.05, 4.69) is 6.08 Å². The van der Waals surface area contributed by atoms with Crippen LogP contribution in [-0.4, -0.2) is 19.2 Å². The Bertz CT molecular complexity index is 285. The Morgan fingerprint density at radius 1 is 1.33 bits per heavy atom. The lowest BCUT2D eigenvalue weighted by Gasteiger charge is -2.26. The Morgan fingerprint density at radius 3 is 2.67 bits per heavy atom. The van der Waals surface area contributed by atoms with Gasteiger partial charge in [0.2, 0.25) is 0 Å². The Labute approximate surface area is 90.7 Å². The first-order chi connectivity index (χ1) is 7.29. The third kappa shape index (κ3) is 2.08. The number of allylic oxidation sites excluding steroid dienone is 2. The summed E-state index contributed by atoms with van der Waals surface area (Å²) < 4.78 is 16.9. The summed E-state index contributed by atoms with van der Waals surface area (Å²) in [6, 6.07) is 0. The van der Waals surface area contributed by atoms with E-state index in [9.17, 15) is 0 Å². The molecule has 0 saturated carbocycles. The molecule has 0 aromatic rings. The minimum atomic E-state index is -0.949. The number of fused-ring (bicyclic) bond motifs is 1. The molecule has 0 fully saturated rings. The lowest BCUT2D eigenvalue weighted by molar-refractivity contribution is -0.324. The molecule has 0 aromatic carbocycles. The van der Waals surface area contributed by atoms with Gasteiger partial charge in [-0.25, -0.2) is 0 Å². The highest BCUT2D eigenvalue weighted by Crippen LogP contribution is 2.38. The highest BCUT2D eigenvalue weighted by molar-refractivity contribution is 5.34. The van der Waals surface area contributed by atoms with Gasteiger partial charge in [-0.1, -0.05) is 0 Å². The first-order valence-corrected chi connectivity index (χ1v) is 5.69. The second kappa shape index (κ2) is 4.37. The predicted molar refractivity (Wildman–Crippen MR) is 57.1 cm³/mol. The lowest BCUT2D eigenvalue weighted by atomic mass is 10.0. The molecular weight excluding hydrogens is 192 g/mol. The molecule has 15 heavy (non-hydrogen) atoms. The van der Waals surface area contributed by atoms with Crippen molar-refractivity contribution in [3.8, 4) is 0 Å². The molecule has 3 nitrogen and oxygen atoms in total. The van der Waals surface area contributed by atoms with Gasteiger partial charge in [-0.15, -0.1) is 0 Å². The Balaban J connectivity index is 2.18. The van der Waals surface area contributed by atoms with Gasteiger partial charge in [0.1, 0.15) is 5.76 Å². The largest absolute Gasteiger partial charge is 0.436 e. The van der Waals surface area contributed by atoms with Crippen molar-refractivity contribution >= 4 is 0 Å². The van der Waals surface area contributed by atoms with Crippen molar-refractivity contribution in [1.29, 1.82) is 0 Å². The predicted octanol–water partition coefficient (Wildman–Crippen LogP) is 2.74. The smallest absolute Gasteiger partial charge is 0.349 e. The van der Waals surface area contributed by atoms with E-state index in [1.165, 1.54) is 12.0 Å². The molecule has 0 N–H and O–H groups in total. The molecule has 0 unspecified atom stereocenters. The minimum Gasteiger partial charge on any atom is -0.436 e. The Kier molecular flexibility index (Phi) is 3.12. The molecule has 2 rings (SSSR count). The van der Waals surface area contributed by atoms with Crippen LogP contribution in [0.3, 0.4) is 0 Å². The summed E-state index contributed by atoms with van der Waals surface area (Å²) in [5.74, 6) is -0.00204. The highest BCUT2D eigenvalue weighted by atomic mass is 16.9. The molecule has 1 aliphatic heterocycles. The summed E-state index contributed by atoms with van der Waals surface area (Å²) >= 11 is 0. The van der Waals surface area contributed by atoms with Crippen LogP contribution in [0.4, 0.5) is 0 Å². The van der Waals surface area contributed by atoms with Gasteiger partial charge in [-0.3, -0.25) is 0 Å². The van der Waals surface area contributed by atoms with Gasteiger partial charge in [0.25, 0.3) is 0 Å². The molecule has 0 radical (unpaired) electrons. The molecule has 0 aromatic heterocycles. The van der Waals surface area contributed by atoms with E-state index in [0.717, 1.165) is 18.6 Å². The topological polar surface area (TPSA) is 27.7 Å². The first kappa shape index (κ1) is 10.7. The molecule has 1 aliphatic carbocycles.